The van der Waals surface area contributed by atoms with Gasteiger partial charge < -0.3 is 9.47 Å². The monoisotopic (exact) mass is 992 g/mol. The van der Waals surface area contributed by atoms with Gasteiger partial charge in [-0.05, 0) is 144 Å². The van der Waals surface area contributed by atoms with E-state index in [1.54, 1.807) is 0 Å². The SMILES string of the molecule is c1ccc2c(c1)-c1ccccc1C21c2ccccc2-c2c(N(c3ccc(-c4ccc5sc6ccccc6c5c4)cc3)c3ccc4c(c3)C3(c5ccccc5-4)c4ccccc4-n4c5ccccc5c5cccc3c54)cccc21. The molecule has 2 spiro atoms. The van der Waals surface area contributed by atoms with Crippen molar-refractivity contribution in [1.29, 1.82) is 0 Å². The van der Waals surface area contributed by atoms with Crippen LogP contribution in [-0.4, -0.2) is 4.57 Å². The summed E-state index contributed by atoms with van der Waals surface area (Å²) < 4.78 is 5.18. The highest BCUT2D eigenvalue weighted by molar-refractivity contribution is 7.25. The van der Waals surface area contributed by atoms with Crippen molar-refractivity contribution in [2.45, 2.75) is 10.8 Å². The molecule has 2 nitrogen and oxygen atoms in total. The Balaban J connectivity index is 0.913. The molecule has 77 heavy (non-hydrogen) atoms. The van der Waals surface area contributed by atoms with Crippen molar-refractivity contribution < 1.29 is 0 Å². The lowest BCUT2D eigenvalue weighted by molar-refractivity contribution is 0.748. The van der Waals surface area contributed by atoms with E-state index in [0.717, 1.165) is 17.1 Å². The van der Waals surface area contributed by atoms with Crippen LogP contribution in [0.15, 0.2) is 267 Å². The van der Waals surface area contributed by atoms with Crippen LogP contribution in [0.25, 0.3) is 92.2 Å². The van der Waals surface area contributed by atoms with Crippen LogP contribution >= 0.6 is 11.3 Å². The number of rotatable bonds is 4. The minimum Gasteiger partial charge on any atom is -0.310 e. The maximum Gasteiger partial charge on any atom is 0.0755 e. The van der Waals surface area contributed by atoms with Crippen LogP contribution in [0.3, 0.4) is 0 Å². The molecule has 0 amide bonds. The van der Waals surface area contributed by atoms with Gasteiger partial charge in [-0.3, -0.25) is 0 Å². The molecule has 0 saturated carbocycles. The second-order valence-electron chi connectivity index (χ2n) is 21.4. The third kappa shape index (κ3) is 5.15. The van der Waals surface area contributed by atoms with Crippen LogP contribution in [0, 0.1) is 0 Å². The summed E-state index contributed by atoms with van der Waals surface area (Å²) in [4.78, 5) is 2.57. The molecule has 0 N–H and O–H groups in total. The zero-order valence-corrected chi connectivity index (χ0v) is 42.5. The smallest absolute Gasteiger partial charge is 0.0755 e. The van der Waals surface area contributed by atoms with E-state index in [2.05, 4.69) is 276 Å². The average molecular weight is 993 g/mol. The molecule has 0 saturated heterocycles. The van der Waals surface area contributed by atoms with Crippen LogP contribution in [-0.2, 0) is 10.8 Å². The number of para-hydroxylation sites is 3. The second-order valence-corrected chi connectivity index (χ2v) is 22.5. The Hall–Kier alpha value is -9.54. The van der Waals surface area contributed by atoms with E-state index >= 15 is 0 Å². The summed E-state index contributed by atoms with van der Waals surface area (Å²) >= 11 is 1.87. The van der Waals surface area contributed by atoms with Crippen LogP contribution in [0.1, 0.15) is 44.5 Å². The van der Waals surface area contributed by atoms with Gasteiger partial charge >= 0.3 is 0 Å². The van der Waals surface area contributed by atoms with Crippen molar-refractivity contribution >= 4 is 70.4 Å². The highest BCUT2D eigenvalue weighted by Gasteiger charge is 2.54. The molecule has 4 aliphatic rings. The predicted octanol–water partition coefficient (Wildman–Crippen LogP) is 19.3. The van der Waals surface area contributed by atoms with Crippen molar-refractivity contribution in [3.05, 3.63) is 311 Å². The van der Waals surface area contributed by atoms with Gasteiger partial charge in [-0.15, -0.1) is 11.3 Å². The van der Waals surface area contributed by atoms with E-state index < -0.39 is 10.8 Å². The van der Waals surface area contributed by atoms with Gasteiger partial charge in [0.2, 0.25) is 0 Å². The maximum atomic E-state index is 2.57. The largest absolute Gasteiger partial charge is 0.310 e. The fourth-order valence-electron chi connectivity index (χ4n) is 15.1. The van der Waals surface area contributed by atoms with Gasteiger partial charge in [-0.2, -0.15) is 0 Å². The Morgan fingerprint density at radius 3 is 1.58 bits per heavy atom. The van der Waals surface area contributed by atoms with Gasteiger partial charge in [0, 0.05) is 47.9 Å². The Kier molecular flexibility index (Phi) is 8.18. The van der Waals surface area contributed by atoms with Gasteiger partial charge in [0.25, 0.3) is 0 Å². The van der Waals surface area contributed by atoms with Crippen molar-refractivity contribution in [3.8, 4) is 50.2 Å². The zero-order valence-electron chi connectivity index (χ0n) is 41.7. The van der Waals surface area contributed by atoms with Crippen LogP contribution in [0.5, 0.6) is 0 Å². The van der Waals surface area contributed by atoms with Gasteiger partial charge in [0.1, 0.15) is 0 Å². The molecular weight excluding hydrogens is 949 g/mol. The number of hydrogen-bond donors (Lipinski definition) is 0. The van der Waals surface area contributed by atoms with Crippen molar-refractivity contribution in [2.75, 3.05) is 4.90 Å². The Morgan fingerprint density at radius 1 is 0.312 bits per heavy atom. The van der Waals surface area contributed by atoms with Crippen LogP contribution in [0.2, 0.25) is 0 Å². The number of anilines is 3. The molecule has 3 heterocycles. The molecule has 14 aromatic rings. The number of aromatic nitrogens is 1. The molecule has 18 rings (SSSR count). The molecule has 356 valence electrons. The normalized spacial score (nSPS) is 15.4. The van der Waals surface area contributed by atoms with E-state index in [9.17, 15) is 0 Å². The number of nitrogens with zero attached hydrogens (tertiary/aromatic N) is 2. The zero-order chi connectivity index (χ0) is 50.1. The maximum absolute atomic E-state index is 2.57. The van der Waals surface area contributed by atoms with Crippen molar-refractivity contribution in [3.63, 3.8) is 0 Å². The van der Waals surface area contributed by atoms with Gasteiger partial charge in [-0.1, -0.05) is 206 Å². The molecule has 12 aromatic carbocycles. The molecular formula is C74H44N2S. The lowest BCUT2D eigenvalue weighted by atomic mass is 9.65. The Bertz CT molecular complexity index is 4850. The topological polar surface area (TPSA) is 8.17 Å². The summed E-state index contributed by atoms with van der Waals surface area (Å²) in [6, 6.07) is 101. The molecule has 2 aromatic heterocycles. The van der Waals surface area contributed by atoms with Crippen LogP contribution < -0.4 is 4.90 Å². The van der Waals surface area contributed by atoms with Crippen LogP contribution in [0.4, 0.5) is 17.1 Å². The molecule has 1 unspecified atom stereocenters. The molecule has 3 aliphatic carbocycles. The first-order valence-electron chi connectivity index (χ1n) is 26.8. The third-order valence-electron chi connectivity index (χ3n) is 18.0. The molecule has 0 bridgehead atoms. The summed E-state index contributed by atoms with van der Waals surface area (Å²) in [6.45, 7) is 0. The summed E-state index contributed by atoms with van der Waals surface area (Å²) in [5, 5.41) is 5.18. The van der Waals surface area contributed by atoms with Gasteiger partial charge in [0.05, 0.1) is 33.2 Å². The van der Waals surface area contributed by atoms with E-state index in [1.165, 1.54) is 137 Å². The molecule has 1 atom stereocenters. The van der Waals surface area contributed by atoms with Gasteiger partial charge in [0.15, 0.2) is 0 Å². The summed E-state index contributed by atoms with van der Waals surface area (Å²) in [6.07, 6.45) is 0. The molecule has 0 fully saturated rings. The lowest BCUT2D eigenvalue weighted by Crippen LogP contribution is -2.33. The minimum atomic E-state index is -0.602. The number of fused-ring (bicyclic) bond motifs is 25. The molecule has 1 aliphatic heterocycles. The highest BCUT2D eigenvalue weighted by atomic mass is 32.1. The standard InChI is InChI=1S/C74H44N2S/c1-7-24-58-49(17-1)50-18-2-8-25-59(50)73(58)61-27-10-4-22-56(61)71-63(73)29-16-33-68(71)75(47-38-35-45(36-39-47)46-37-42-70-57(43-46)54-21-6-14-34-69(54)77-70)48-40-41-52-51-19-3-9-26-60(51)74(65(52)44-48)62-28-11-13-32-67(62)76-66-31-12-5-20-53(66)55-23-15-30-64(74)72(55)76/h1-44H. The first-order valence-corrected chi connectivity index (χ1v) is 27.6. The van der Waals surface area contributed by atoms with Gasteiger partial charge in [-0.25, -0.2) is 0 Å². The highest BCUT2D eigenvalue weighted by Crippen LogP contribution is 2.66. The van der Waals surface area contributed by atoms with E-state index in [1.807, 2.05) is 11.3 Å². The molecule has 0 radical (unpaired) electrons. The number of thiophene rings is 1. The van der Waals surface area contributed by atoms with E-state index in [0.29, 0.717) is 0 Å². The third-order valence-corrected chi connectivity index (χ3v) is 19.2. The summed E-state index contributed by atoms with van der Waals surface area (Å²) in [7, 11) is 0. The van der Waals surface area contributed by atoms with E-state index in [4.69, 9.17) is 0 Å². The fourth-order valence-corrected chi connectivity index (χ4v) is 16.2. The molecule has 3 heteroatoms. The quantitative estimate of drug-likeness (QED) is 0.171. The number of benzene rings is 12. The first-order chi connectivity index (χ1) is 38.2. The Morgan fingerprint density at radius 2 is 0.831 bits per heavy atom. The van der Waals surface area contributed by atoms with E-state index in [-0.39, 0.29) is 0 Å². The fraction of sp³-hybridized carbons (Fsp3) is 0.0270. The summed E-state index contributed by atoms with van der Waals surface area (Å²) in [5.74, 6) is 0. The average Bonchev–Trinajstić information content (AvgIpc) is 3.43. The van der Waals surface area contributed by atoms with Crippen molar-refractivity contribution in [2.24, 2.45) is 0 Å². The number of hydrogen-bond acceptors (Lipinski definition) is 2. The first kappa shape index (κ1) is 41.8. The second kappa shape index (κ2) is 15.1. The predicted molar refractivity (Wildman–Crippen MR) is 321 cm³/mol. The Labute approximate surface area is 449 Å². The summed E-state index contributed by atoms with van der Waals surface area (Å²) in [5.41, 5.74) is 26.7. The minimum absolute atomic E-state index is 0.484. The lowest BCUT2D eigenvalue weighted by Gasteiger charge is -2.40. The van der Waals surface area contributed by atoms with Crippen molar-refractivity contribution in [1.82, 2.24) is 4.57 Å².